The molecule has 0 fully saturated rings. The van der Waals surface area contributed by atoms with Crippen LogP contribution >= 0.6 is 0 Å². The third-order valence-corrected chi connectivity index (χ3v) is 2.40. The van der Waals surface area contributed by atoms with Gasteiger partial charge in [0.1, 0.15) is 0 Å². The summed E-state index contributed by atoms with van der Waals surface area (Å²) < 4.78 is 0. The van der Waals surface area contributed by atoms with Crippen LogP contribution in [0.1, 0.15) is 19.8 Å². The van der Waals surface area contributed by atoms with Gasteiger partial charge in [0.25, 0.3) is 0 Å². The summed E-state index contributed by atoms with van der Waals surface area (Å²) in [5.41, 5.74) is 1.48. The van der Waals surface area contributed by atoms with Gasteiger partial charge in [-0.3, -0.25) is 0 Å². The molecule has 0 aromatic heterocycles. The van der Waals surface area contributed by atoms with Crippen LogP contribution in [0, 0.1) is 5.92 Å². The molecule has 1 heteroatoms. The van der Waals surface area contributed by atoms with Crippen molar-refractivity contribution < 1.29 is 0 Å². The zero-order valence-corrected chi connectivity index (χ0v) is 9.53. The summed E-state index contributed by atoms with van der Waals surface area (Å²) in [4.78, 5) is 2.24. The van der Waals surface area contributed by atoms with Crippen molar-refractivity contribution in [3.05, 3.63) is 36.0 Å². The van der Waals surface area contributed by atoms with Crippen molar-refractivity contribution >= 4 is 0 Å². The van der Waals surface area contributed by atoms with E-state index in [1.54, 1.807) is 0 Å². The summed E-state index contributed by atoms with van der Waals surface area (Å²) in [6.45, 7) is 3.33. The third kappa shape index (κ3) is 3.51. The maximum Gasteiger partial charge on any atom is 0.0145 e. The summed E-state index contributed by atoms with van der Waals surface area (Å²) in [6.07, 6.45) is 13.6. The third-order valence-electron chi connectivity index (χ3n) is 2.40. The summed E-state index contributed by atoms with van der Waals surface area (Å²) in [7, 11) is 4.26. The lowest BCUT2D eigenvalue weighted by molar-refractivity contribution is 0.380. The molecule has 0 aromatic carbocycles. The molecule has 1 aliphatic rings. The minimum Gasteiger partial charge on any atom is -0.308 e. The molecule has 1 nitrogen and oxygen atoms in total. The van der Waals surface area contributed by atoms with Crippen LogP contribution in [-0.2, 0) is 0 Å². The molecule has 0 aromatic rings. The molecule has 0 amide bonds. The van der Waals surface area contributed by atoms with Crippen LogP contribution < -0.4 is 0 Å². The minimum atomic E-state index is 0.585. The van der Waals surface area contributed by atoms with Crippen LogP contribution in [0.5, 0.6) is 0 Å². The van der Waals surface area contributed by atoms with Crippen molar-refractivity contribution in [3.63, 3.8) is 0 Å². The molecule has 14 heavy (non-hydrogen) atoms. The normalized spacial score (nSPS) is 23.7. The van der Waals surface area contributed by atoms with Gasteiger partial charge >= 0.3 is 0 Å². The zero-order valence-electron chi connectivity index (χ0n) is 9.53. The Labute approximate surface area is 87.8 Å². The molecule has 0 saturated heterocycles. The van der Waals surface area contributed by atoms with Crippen LogP contribution in [0.2, 0.25) is 0 Å². The van der Waals surface area contributed by atoms with E-state index in [2.05, 4.69) is 56.3 Å². The predicted octanol–water partition coefficient (Wildman–Crippen LogP) is 3.02. The van der Waals surface area contributed by atoms with E-state index < -0.39 is 0 Å². The monoisotopic (exact) mass is 191 g/mol. The average molecular weight is 191 g/mol. The Morgan fingerprint density at radius 3 is 2.79 bits per heavy atom. The maximum atomic E-state index is 2.37. The number of nitrogens with zero attached hydrogens (tertiary/aromatic N) is 1. The molecule has 1 rings (SSSR count). The van der Waals surface area contributed by atoms with E-state index in [9.17, 15) is 0 Å². The van der Waals surface area contributed by atoms with Gasteiger partial charge in [-0.2, -0.15) is 0 Å². The number of rotatable bonds is 4. The SMILES string of the molecule is CCC/C=C1\C=CC=CC1CN(C)C. The molecule has 0 spiro atoms. The number of hydrogen-bond donors (Lipinski definition) is 0. The van der Waals surface area contributed by atoms with Gasteiger partial charge in [0, 0.05) is 12.5 Å². The number of unbranched alkanes of at least 4 members (excludes halogenated alkanes) is 1. The molecule has 0 radical (unpaired) electrons. The smallest absolute Gasteiger partial charge is 0.0145 e. The van der Waals surface area contributed by atoms with Gasteiger partial charge in [-0.15, -0.1) is 0 Å². The molecule has 78 valence electrons. The Bertz CT molecular complexity index is 246. The zero-order chi connectivity index (χ0) is 10.4. The van der Waals surface area contributed by atoms with Gasteiger partial charge in [-0.1, -0.05) is 43.7 Å². The van der Waals surface area contributed by atoms with E-state index in [-0.39, 0.29) is 0 Å². The van der Waals surface area contributed by atoms with E-state index in [1.807, 2.05) is 0 Å². The Balaban J connectivity index is 2.61. The summed E-state index contributed by atoms with van der Waals surface area (Å²) in [6, 6.07) is 0. The molecular weight excluding hydrogens is 170 g/mol. The van der Waals surface area contributed by atoms with Gasteiger partial charge in [0.2, 0.25) is 0 Å². The molecule has 1 aliphatic carbocycles. The van der Waals surface area contributed by atoms with Gasteiger partial charge < -0.3 is 4.90 Å². The van der Waals surface area contributed by atoms with Crippen molar-refractivity contribution in [2.24, 2.45) is 5.92 Å². The summed E-state index contributed by atoms with van der Waals surface area (Å²) >= 11 is 0. The fourth-order valence-corrected chi connectivity index (χ4v) is 1.69. The molecule has 0 heterocycles. The van der Waals surface area contributed by atoms with Gasteiger partial charge in [-0.25, -0.2) is 0 Å². The first kappa shape index (κ1) is 11.3. The van der Waals surface area contributed by atoms with Crippen LogP contribution in [0.25, 0.3) is 0 Å². The minimum absolute atomic E-state index is 0.585. The fourth-order valence-electron chi connectivity index (χ4n) is 1.69. The highest BCUT2D eigenvalue weighted by molar-refractivity contribution is 5.33. The first-order valence-electron chi connectivity index (χ1n) is 5.43. The first-order chi connectivity index (χ1) is 6.74. The Morgan fingerprint density at radius 1 is 1.36 bits per heavy atom. The van der Waals surface area contributed by atoms with E-state index in [1.165, 1.54) is 18.4 Å². The van der Waals surface area contributed by atoms with Crippen molar-refractivity contribution in [2.75, 3.05) is 20.6 Å². The lowest BCUT2D eigenvalue weighted by Crippen LogP contribution is -2.22. The second kappa shape index (κ2) is 5.82. The van der Waals surface area contributed by atoms with Gasteiger partial charge in [-0.05, 0) is 26.1 Å². The topological polar surface area (TPSA) is 3.24 Å². The quantitative estimate of drug-likeness (QED) is 0.660. The van der Waals surface area contributed by atoms with E-state index in [4.69, 9.17) is 0 Å². The first-order valence-corrected chi connectivity index (χ1v) is 5.43. The van der Waals surface area contributed by atoms with Crippen LogP contribution in [-0.4, -0.2) is 25.5 Å². The summed E-state index contributed by atoms with van der Waals surface area (Å²) in [5.74, 6) is 0.585. The molecule has 1 atom stereocenters. The van der Waals surface area contributed by atoms with Crippen molar-refractivity contribution in [1.29, 1.82) is 0 Å². The van der Waals surface area contributed by atoms with Crippen LogP contribution in [0.4, 0.5) is 0 Å². The fraction of sp³-hybridized carbons (Fsp3) is 0.538. The summed E-state index contributed by atoms with van der Waals surface area (Å²) in [5, 5.41) is 0. The molecule has 0 aliphatic heterocycles. The highest BCUT2D eigenvalue weighted by Gasteiger charge is 2.11. The van der Waals surface area contributed by atoms with Crippen LogP contribution in [0.3, 0.4) is 0 Å². The maximum absolute atomic E-state index is 2.37. The second-order valence-electron chi connectivity index (χ2n) is 4.11. The molecule has 0 N–H and O–H groups in total. The number of allylic oxidation sites excluding steroid dienone is 4. The molecular formula is C13H21N. The molecule has 0 bridgehead atoms. The largest absolute Gasteiger partial charge is 0.308 e. The molecule has 0 saturated carbocycles. The van der Waals surface area contributed by atoms with Crippen molar-refractivity contribution in [3.8, 4) is 0 Å². The van der Waals surface area contributed by atoms with E-state index in [0.29, 0.717) is 5.92 Å². The van der Waals surface area contributed by atoms with Crippen molar-refractivity contribution in [1.82, 2.24) is 4.90 Å². The van der Waals surface area contributed by atoms with E-state index in [0.717, 1.165) is 6.54 Å². The lowest BCUT2D eigenvalue weighted by atomic mass is 9.93. The second-order valence-corrected chi connectivity index (χ2v) is 4.11. The van der Waals surface area contributed by atoms with Crippen molar-refractivity contribution in [2.45, 2.75) is 19.8 Å². The number of hydrogen-bond acceptors (Lipinski definition) is 1. The van der Waals surface area contributed by atoms with Crippen LogP contribution in [0.15, 0.2) is 36.0 Å². The van der Waals surface area contributed by atoms with E-state index >= 15 is 0 Å². The van der Waals surface area contributed by atoms with Gasteiger partial charge in [0.15, 0.2) is 0 Å². The standard InChI is InChI=1S/C13H21N/c1-4-5-8-12-9-6-7-10-13(12)11-14(2)3/h6-10,13H,4-5,11H2,1-3H3/b12-8+. The highest BCUT2D eigenvalue weighted by Crippen LogP contribution is 2.20. The Kier molecular flexibility index (Phi) is 4.68. The predicted molar refractivity (Wildman–Crippen MR) is 63.3 cm³/mol. The lowest BCUT2D eigenvalue weighted by Gasteiger charge is -2.21. The Hall–Kier alpha value is -0.820. The molecule has 1 unspecified atom stereocenters. The Morgan fingerprint density at radius 2 is 2.14 bits per heavy atom. The average Bonchev–Trinajstić information content (AvgIpc) is 2.16. The van der Waals surface area contributed by atoms with Gasteiger partial charge in [0.05, 0.1) is 0 Å². The highest BCUT2D eigenvalue weighted by atomic mass is 15.1.